The minimum atomic E-state index is -0.107. The Morgan fingerprint density at radius 1 is 1.07 bits per heavy atom. The summed E-state index contributed by atoms with van der Waals surface area (Å²) in [4.78, 5) is 19.0. The zero-order valence-corrected chi connectivity index (χ0v) is 17.5. The van der Waals surface area contributed by atoms with Gasteiger partial charge in [-0.05, 0) is 42.3 Å². The number of benzene rings is 1. The van der Waals surface area contributed by atoms with Crippen molar-refractivity contribution in [2.45, 2.75) is 39.2 Å². The van der Waals surface area contributed by atoms with Crippen molar-refractivity contribution in [1.29, 1.82) is 0 Å². The first kappa shape index (κ1) is 20.1. The van der Waals surface area contributed by atoms with E-state index in [4.69, 9.17) is 0 Å². The summed E-state index contributed by atoms with van der Waals surface area (Å²) in [7, 11) is 0. The molecule has 27 heavy (non-hydrogen) atoms. The molecule has 0 saturated carbocycles. The van der Waals surface area contributed by atoms with Crippen molar-refractivity contribution in [1.82, 2.24) is 9.80 Å². The molecule has 4 nitrogen and oxygen atoms in total. The van der Waals surface area contributed by atoms with Crippen molar-refractivity contribution in [3.8, 4) is 0 Å². The van der Waals surface area contributed by atoms with Gasteiger partial charge in [-0.15, -0.1) is 11.3 Å². The second kappa shape index (κ2) is 9.49. The van der Waals surface area contributed by atoms with E-state index in [-0.39, 0.29) is 11.9 Å². The molecule has 0 aliphatic carbocycles. The first-order valence-electron chi connectivity index (χ1n) is 9.93. The van der Waals surface area contributed by atoms with Crippen LogP contribution in [0.1, 0.15) is 37.1 Å². The maximum Gasteiger partial charge on any atom is 0.241 e. The van der Waals surface area contributed by atoms with Gasteiger partial charge in [0.25, 0.3) is 0 Å². The van der Waals surface area contributed by atoms with Crippen LogP contribution in [-0.2, 0) is 11.2 Å². The number of nitrogens with zero attached hydrogens (tertiary/aromatic N) is 2. The van der Waals surface area contributed by atoms with Gasteiger partial charge in [-0.1, -0.05) is 38.1 Å². The highest BCUT2D eigenvalue weighted by molar-refractivity contribution is 7.09. The summed E-state index contributed by atoms with van der Waals surface area (Å²) in [5.41, 5.74) is 2.13. The number of anilines is 1. The number of amides is 1. The molecule has 0 spiro atoms. The second-order valence-electron chi connectivity index (χ2n) is 7.61. The van der Waals surface area contributed by atoms with E-state index in [2.05, 4.69) is 52.5 Å². The number of thiophene rings is 1. The van der Waals surface area contributed by atoms with Crippen molar-refractivity contribution in [2.24, 2.45) is 0 Å². The molecule has 146 valence electrons. The number of nitrogens with one attached hydrogen (secondary N) is 1. The van der Waals surface area contributed by atoms with Crippen LogP contribution >= 0.6 is 11.3 Å². The zero-order chi connectivity index (χ0) is 19.2. The largest absolute Gasteiger partial charge is 0.324 e. The molecule has 1 aromatic carbocycles. The fourth-order valence-corrected chi connectivity index (χ4v) is 4.31. The molecule has 1 N–H and O–H groups in total. The van der Waals surface area contributed by atoms with Gasteiger partial charge < -0.3 is 10.2 Å². The highest BCUT2D eigenvalue weighted by atomic mass is 32.1. The fourth-order valence-electron chi connectivity index (χ4n) is 3.61. The predicted molar refractivity (Wildman–Crippen MR) is 115 cm³/mol. The maximum absolute atomic E-state index is 12.8. The van der Waals surface area contributed by atoms with E-state index in [9.17, 15) is 4.79 Å². The van der Waals surface area contributed by atoms with Crippen LogP contribution in [0.25, 0.3) is 0 Å². The number of para-hydroxylation sites is 1. The van der Waals surface area contributed by atoms with Crippen LogP contribution in [0.15, 0.2) is 41.8 Å². The van der Waals surface area contributed by atoms with Gasteiger partial charge in [-0.25, -0.2) is 0 Å². The first-order chi connectivity index (χ1) is 13.0. The maximum atomic E-state index is 12.8. The van der Waals surface area contributed by atoms with E-state index in [1.165, 1.54) is 10.4 Å². The zero-order valence-electron chi connectivity index (χ0n) is 16.6. The van der Waals surface area contributed by atoms with Gasteiger partial charge in [0.05, 0.1) is 6.04 Å². The number of hydrogen-bond acceptors (Lipinski definition) is 4. The summed E-state index contributed by atoms with van der Waals surface area (Å²) in [6.07, 6.45) is 1.12. The lowest BCUT2D eigenvalue weighted by Crippen LogP contribution is -2.53. The highest BCUT2D eigenvalue weighted by Crippen LogP contribution is 2.24. The Bertz CT molecular complexity index is 721. The Morgan fingerprint density at radius 2 is 1.81 bits per heavy atom. The molecule has 1 aliphatic rings. The molecule has 5 heteroatoms. The van der Waals surface area contributed by atoms with Crippen LogP contribution in [-0.4, -0.2) is 54.5 Å². The standard InChI is InChI=1S/C22H31N3OS/c1-17(2)20-8-4-5-9-21(20)23-22(26)18(3)25-14-12-24(13-15-25)11-10-19-7-6-16-27-19/h4-9,16-18H,10-15H2,1-3H3,(H,23,26). The smallest absolute Gasteiger partial charge is 0.241 e. The lowest BCUT2D eigenvalue weighted by molar-refractivity contribution is -0.121. The molecule has 2 aromatic rings. The van der Waals surface area contributed by atoms with Gasteiger partial charge in [-0.2, -0.15) is 0 Å². The normalized spacial score (nSPS) is 17.2. The molecule has 1 saturated heterocycles. The van der Waals surface area contributed by atoms with Crippen molar-refractivity contribution in [2.75, 3.05) is 38.0 Å². The molecule has 1 amide bonds. The Labute approximate surface area is 167 Å². The lowest BCUT2D eigenvalue weighted by atomic mass is 10.0. The lowest BCUT2D eigenvalue weighted by Gasteiger charge is -2.37. The van der Waals surface area contributed by atoms with E-state index in [0.29, 0.717) is 5.92 Å². The molecule has 1 aromatic heterocycles. The van der Waals surface area contributed by atoms with Crippen LogP contribution < -0.4 is 5.32 Å². The van der Waals surface area contributed by atoms with Crippen LogP contribution in [0.4, 0.5) is 5.69 Å². The van der Waals surface area contributed by atoms with E-state index in [1.807, 2.05) is 36.5 Å². The molecule has 2 heterocycles. The van der Waals surface area contributed by atoms with Gasteiger partial charge in [-0.3, -0.25) is 9.69 Å². The SMILES string of the molecule is CC(C)c1ccccc1NC(=O)C(C)N1CCN(CCc2cccs2)CC1. The molecule has 1 atom stereocenters. The van der Waals surface area contributed by atoms with E-state index in [0.717, 1.165) is 44.8 Å². The number of rotatable bonds is 7. The van der Waals surface area contributed by atoms with Crippen LogP contribution in [0.5, 0.6) is 0 Å². The average molecular weight is 386 g/mol. The van der Waals surface area contributed by atoms with Crippen LogP contribution in [0.3, 0.4) is 0 Å². The summed E-state index contributed by atoms with van der Waals surface area (Å²) in [5, 5.41) is 5.29. The second-order valence-corrected chi connectivity index (χ2v) is 8.65. The summed E-state index contributed by atoms with van der Waals surface area (Å²) >= 11 is 1.83. The van der Waals surface area contributed by atoms with Crippen LogP contribution in [0.2, 0.25) is 0 Å². The van der Waals surface area contributed by atoms with Crippen molar-refractivity contribution in [3.63, 3.8) is 0 Å². The van der Waals surface area contributed by atoms with E-state index >= 15 is 0 Å². The number of carbonyl (C=O) groups excluding carboxylic acids is 1. The number of hydrogen-bond donors (Lipinski definition) is 1. The number of piperazine rings is 1. The van der Waals surface area contributed by atoms with Crippen molar-refractivity contribution < 1.29 is 4.79 Å². The summed E-state index contributed by atoms with van der Waals surface area (Å²) < 4.78 is 0. The Kier molecular flexibility index (Phi) is 7.05. The third-order valence-electron chi connectivity index (χ3n) is 5.43. The van der Waals surface area contributed by atoms with Crippen LogP contribution in [0, 0.1) is 0 Å². The molecule has 3 rings (SSSR count). The third-order valence-corrected chi connectivity index (χ3v) is 6.37. The molecular weight excluding hydrogens is 354 g/mol. The molecule has 1 aliphatic heterocycles. The Hall–Kier alpha value is -1.69. The predicted octanol–water partition coefficient (Wildman–Crippen LogP) is 4.06. The monoisotopic (exact) mass is 385 g/mol. The molecule has 0 bridgehead atoms. The minimum Gasteiger partial charge on any atom is -0.324 e. The van der Waals surface area contributed by atoms with Gasteiger partial charge in [0.1, 0.15) is 0 Å². The van der Waals surface area contributed by atoms with Gasteiger partial charge in [0, 0.05) is 43.3 Å². The van der Waals surface area contributed by atoms with E-state index < -0.39 is 0 Å². The van der Waals surface area contributed by atoms with E-state index in [1.54, 1.807) is 0 Å². The summed E-state index contributed by atoms with van der Waals surface area (Å²) in [6, 6.07) is 12.3. The molecule has 0 radical (unpaired) electrons. The van der Waals surface area contributed by atoms with Gasteiger partial charge >= 0.3 is 0 Å². The average Bonchev–Trinajstić information content (AvgIpc) is 3.20. The first-order valence-corrected chi connectivity index (χ1v) is 10.8. The highest BCUT2D eigenvalue weighted by Gasteiger charge is 2.26. The number of carbonyl (C=O) groups is 1. The quantitative estimate of drug-likeness (QED) is 0.781. The van der Waals surface area contributed by atoms with Gasteiger partial charge in [0.2, 0.25) is 5.91 Å². The summed E-state index contributed by atoms with van der Waals surface area (Å²) in [5.74, 6) is 0.485. The summed E-state index contributed by atoms with van der Waals surface area (Å²) in [6.45, 7) is 11.4. The molecular formula is C22H31N3OS. The Morgan fingerprint density at radius 3 is 2.48 bits per heavy atom. The Balaban J connectivity index is 1.48. The topological polar surface area (TPSA) is 35.6 Å². The molecule has 1 fully saturated rings. The van der Waals surface area contributed by atoms with Crippen molar-refractivity contribution >= 4 is 22.9 Å². The minimum absolute atomic E-state index is 0.0927. The molecule has 1 unspecified atom stereocenters. The third kappa shape index (κ3) is 5.41. The van der Waals surface area contributed by atoms with Gasteiger partial charge in [0.15, 0.2) is 0 Å². The fraction of sp³-hybridized carbons (Fsp3) is 0.500. The van der Waals surface area contributed by atoms with Crippen molar-refractivity contribution in [3.05, 3.63) is 52.2 Å².